The summed E-state index contributed by atoms with van der Waals surface area (Å²) in [5.41, 5.74) is 5.81. The van der Waals surface area contributed by atoms with Crippen molar-refractivity contribution < 1.29 is 0 Å². The zero-order valence-corrected chi connectivity index (χ0v) is 12.8. The van der Waals surface area contributed by atoms with E-state index >= 15 is 0 Å². The van der Waals surface area contributed by atoms with Gasteiger partial charge >= 0.3 is 0 Å². The Morgan fingerprint density at radius 2 is 1.68 bits per heavy atom. The van der Waals surface area contributed by atoms with Gasteiger partial charge in [0.15, 0.2) is 0 Å². The van der Waals surface area contributed by atoms with Gasteiger partial charge in [-0.3, -0.25) is 0 Å². The lowest BCUT2D eigenvalue weighted by Gasteiger charge is -2.23. The Balaban J connectivity index is 2.70. The van der Waals surface area contributed by atoms with E-state index in [-0.39, 0.29) is 6.04 Å². The van der Waals surface area contributed by atoms with Crippen LogP contribution < -0.4 is 15.5 Å². The topological polar surface area (TPSA) is 58.3 Å². The normalized spacial score (nSPS) is 12.6. The highest BCUT2D eigenvalue weighted by Crippen LogP contribution is 2.16. The summed E-state index contributed by atoms with van der Waals surface area (Å²) < 4.78 is 0. The van der Waals surface area contributed by atoms with Crippen LogP contribution in [0.1, 0.15) is 27.2 Å². The van der Waals surface area contributed by atoms with Crippen molar-refractivity contribution in [1.29, 1.82) is 0 Å². The molecule has 0 aliphatic rings. The van der Waals surface area contributed by atoms with E-state index in [0.29, 0.717) is 5.92 Å². The maximum Gasteiger partial charge on any atom is 0.133 e. The molecule has 1 rings (SSSR count). The van der Waals surface area contributed by atoms with Crippen LogP contribution in [0.5, 0.6) is 0 Å². The predicted octanol–water partition coefficient (Wildman–Crippen LogP) is 1.74. The van der Waals surface area contributed by atoms with E-state index in [4.69, 9.17) is 5.73 Å². The average molecular weight is 265 g/mol. The Morgan fingerprint density at radius 1 is 1.11 bits per heavy atom. The second kappa shape index (κ2) is 7.28. The Morgan fingerprint density at radius 3 is 2.21 bits per heavy atom. The summed E-state index contributed by atoms with van der Waals surface area (Å²) >= 11 is 0. The maximum atomic E-state index is 5.81. The van der Waals surface area contributed by atoms with E-state index in [2.05, 4.69) is 40.7 Å². The highest BCUT2D eigenvalue weighted by molar-refractivity contribution is 5.49. The van der Waals surface area contributed by atoms with E-state index in [1.807, 2.05) is 20.0 Å². The molecule has 2 N–H and O–H groups in total. The molecule has 0 aliphatic carbocycles. The summed E-state index contributed by atoms with van der Waals surface area (Å²) in [4.78, 5) is 12.9. The van der Waals surface area contributed by atoms with Gasteiger partial charge in [-0.15, -0.1) is 0 Å². The average Bonchev–Trinajstić information content (AvgIpc) is 2.35. The maximum absolute atomic E-state index is 5.81. The van der Waals surface area contributed by atoms with Crippen molar-refractivity contribution in [2.75, 3.05) is 37.0 Å². The van der Waals surface area contributed by atoms with Gasteiger partial charge in [-0.1, -0.05) is 13.8 Å². The molecule has 1 atom stereocenters. The summed E-state index contributed by atoms with van der Waals surface area (Å²) in [6.07, 6.45) is 2.78. The number of aromatic nitrogens is 2. The molecule has 5 nitrogen and oxygen atoms in total. The lowest BCUT2D eigenvalue weighted by atomic mass is 10.1. The van der Waals surface area contributed by atoms with Crippen molar-refractivity contribution in [1.82, 2.24) is 9.97 Å². The zero-order chi connectivity index (χ0) is 14.4. The van der Waals surface area contributed by atoms with Gasteiger partial charge in [0, 0.05) is 39.3 Å². The van der Waals surface area contributed by atoms with Crippen LogP contribution in [0.4, 0.5) is 11.6 Å². The van der Waals surface area contributed by atoms with Gasteiger partial charge in [0.2, 0.25) is 0 Å². The minimum atomic E-state index is 0.127. The van der Waals surface area contributed by atoms with Gasteiger partial charge < -0.3 is 15.5 Å². The molecule has 5 heteroatoms. The molecule has 19 heavy (non-hydrogen) atoms. The van der Waals surface area contributed by atoms with Crippen LogP contribution in [-0.2, 0) is 0 Å². The molecule has 108 valence electrons. The summed E-state index contributed by atoms with van der Waals surface area (Å²) in [6.45, 7) is 8.25. The van der Waals surface area contributed by atoms with Crippen LogP contribution in [0.3, 0.4) is 0 Å². The molecular weight excluding hydrogens is 238 g/mol. The van der Waals surface area contributed by atoms with E-state index < -0.39 is 0 Å². The third-order valence-electron chi connectivity index (χ3n) is 3.02. The molecule has 1 heterocycles. The highest BCUT2D eigenvalue weighted by Gasteiger charge is 2.09. The van der Waals surface area contributed by atoms with Crippen LogP contribution in [0.25, 0.3) is 0 Å². The Kier molecular flexibility index (Phi) is 6.02. The Hall–Kier alpha value is -1.36. The predicted molar refractivity (Wildman–Crippen MR) is 81.7 cm³/mol. The lowest BCUT2D eigenvalue weighted by Crippen LogP contribution is -2.33. The molecule has 0 aliphatic heterocycles. The van der Waals surface area contributed by atoms with Crippen LogP contribution in [-0.4, -0.2) is 43.2 Å². The molecule has 0 fully saturated rings. The first-order valence-electron chi connectivity index (χ1n) is 6.90. The largest absolute Gasteiger partial charge is 0.360 e. The molecular formula is C14H27N5. The van der Waals surface area contributed by atoms with Gasteiger partial charge in [-0.25, -0.2) is 9.97 Å². The smallest absolute Gasteiger partial charge is 0.133 e. The minimum Gasteiger partial charge on any atom is -0.360 e. The first kappa shape index (κ1) is 15.7. The van der Waals surface area contributed by atoms with Crippen molar-refractivity contribution >= 4 is 11.6 Å². The van der Waals surface area contributed by atoms with Crippen molar-refractivity contribution in [2.24, 2.45) is 11.7 Å². The molecule has 0 spiro atoms. The molecule has 0 radical (unpaired) electrons. The SMILES string of the molecule is CC(C)CCN(C)c1cc(N(C)CC(C)N)ncn1. The number of rotatable bonds is 7. The van der Waals surface area contributed by atoms with E-state index in [1.54, 1.807) is 6.33 Å². The van der Waals surface area contributed by atoms with Crippen molar-refractivity contribution in [3.8, 4) is 0 Å². The lowest BCUT2D eigenvalue weighted by molar-refractivity contribution is 0.583. The van der Waals surface area contributed by atoms with Crippen LogP contribution in [0.2, 0.25) is 0 Å². The quantitative estimate of drug-likeness (QED) is 0.814. The molecule has 0 saturated carbocycles. The fourth-order valence-electron chi connectivity index (χ4n) is 1.85. The van der Waals surface area contributed by atoms with Gasteiger partial charge in [-0.05, 0) is 19.3 Å². The number of anilines is 2. The second-order valence-electron chi connectivity index (χ2n) is 5.70. The summed E-state index contributed by atoms with van der Waals surface area (Å²) in [5.74, 6) is 2.57. The molecule has 0 aromatic carbocycles. The third-order valence-corrected chi connectivity index (χ3v) is 3.02. The first-order chi connectivity index (χ1) is 8.90. The van der Waals surface area contributed by atoms with Gasteiger partial charge in [0.25, 0.3) is 0 Å². The van der Waals surface area contributed by atoms with Gasteiger partial charge in [-0.2, -0.15) is 0 Å². The molecule has 1 aromatic rings. The van der Waals surface area contributed by atoms with Gasteiger partial charge in [0.1, 0.15) is 18.0 Å². The number of hydrogen-bond acceptors (Lipinski definition) is 5. The molecule has 1 aromatic heterocycles. The summed E-state index contributed by atoms with van der Waals surface area (Å²) in [5, 5.41) is 0. The molecule has 1 unspecified atom stereocenters. The number of likely N-dealkylation sites (N-methyl/N-ethyl adjacent to an activating group) is 1. The summed E-state index contributed by atoms with van der Waals surface area (Å²) in [7, 11) is 4.07. The van der Waals surface area contributed by atoms with E-state index in [1.165, 1.54) is 0 Å². The monoisotopic (exact) mass is 265 g/mol. The fraction of sp³-hybridized carbons (Fsp3) is 0.714. The minimum absolute atomic E-state index is 0.127. The Bertz CT molecular complexity index is 378. The van der Waals surface area contributed by atoms with Gasteiger partial charge in [0.05, 0.1) is 0 Å². The Labute approximate surface area is 116 Å². The number of hydrogen-bond donors (Lipinski definition) is 1. The van der Waals surface area contributed by atoms with Crippen molar-refractivity contribution in [3.63, 3.8) is 0 Å². The number of nitrogens with zero attached hydrogens (tertiary/aromatic N) is 4. The third kappa shape index (κ3) is 5.42. The standard InChI is InChI=1S/C14H27N5/c1-11(2)6-7-18(4)13-8-14(17-10-16-13)19(5)9-12(3)15/h8,10-12H,6-7,9,15H2,1-5H3. The second-order valence-corrected chi connectivity index (χ2v) is 5.70. The van der Waals surface area contributed by atoms with E-state index in [0.717, 1.165) is 31.1 Å². The van der Waals surface area contributed by atoms with Crippen LogP contribution in [0, 0.1) is 5.92 Å². The summed E-state index contributed by atoms with van der Waals surface area (Å²) in [6, 6.07) is 2.14. The first-order valence-corrected chi connectivity index (χ1v) is 6.90. The van der Waals surface area contributed by atoms with Crippen LogP contribution >= 0.6 is 0 Å². The fourth-order valence-corrected chi connectivity index (χ4v) is 1.85. The highest BCUT2D eigenvalue weighted by atomic mass is 15.2. The zero-order valence-electron chi connectivity index (χ0n) is 12.8. The molecule has 0 amide bonds. The number of nitrogens with two attached hydrogens (primary N) is 1. The van der Waals surface area contributed by atoms with Crippen molar-refractivity contribution in [2.45, 2.75) is 33.2 Å². The van der Waals surface area contributed by atoms with E-state index in [9.17, 15) is 0 Å². The molecule has 0 saturated heterocycles. The van der Waals surface area contributed by atoms with Crippen LogP contribution in [0.15, 0.2) is 12.4 Å². The molecule has 0 bridgehead atoms. The van der Waals surface area contributed by atoms with Crippen molar-refractivity contribution in [3.05, 3.63) is 12.4 Å².